The van der Waals surface area contributed by atoms with Gasteiger partial charge < -0.3 is 19.8 Å². The predicted molar refractivity (Wildman–Crippen MR) is 37.8 cm³/mol. The molecule has 15 heavy (non-hydrogen) atoms. The molecular formula is C9H10Na2O4. The van der Waals surface area contributed by atoms with E-state index in [2.05, 4.69) is 0 Å². The van der Waals surface area contributed by atoms with Gasteiger partial charge in [-0.15, -0.1) is 0 Å². The molecule has 2 aliphatic carbocycles. The van der Waals surface area contributed by atoms with Crippen molar-refractivity contribution in [1.29, 1.82) is 0 Å². The fraction of sp³-hybridized carbons (Fsp3) is 0.778. The second kappa shape index (κ2) is 6.03. The molecule has 0 aliphatic heterocycles. The fourth-order valence-electron chi connectivity index (χ4n) is 2.97. The van der Waals surface area contributed by atoms with Crippen molar-refractivity contribution >= 4 is 11.9 Å². The second-order valence-electron chi connectivity index (χ2n) is 4.02. The molecule has 2 fully saturated rings. The van der Waals surface area contributed by atoms with Gasteiger partial charge in [-0.1, -0.05) is 0 Å². The standard InChI is InChI=1S/C9H12O4.2Na/c10-8(11)6-4-1-2-5(3-4)7(6)9(12)13;;/h4-7H,1-3H2,(H,10,11)(H,12,13);;/q;2*+1/p-2/t4-,5+,6-,7-;;/m1../s1. The molecule has 0 aromatic heterocycles. The smallest absolute Gasteiger partial charge is 0.550 e. The van der Waals surface area contributed by atoms with Crippen LogP contribution in [0.1, 0.15) is 19.3 Å². The Balaban J connectivity index is 0.000000980. The first-order valence-corrected chi connectivity index (χ1v) is 4.53. The second-order valence-corrected chi connectivity index (χ2v) is 4.02. The van der Waals surface area contributed by atoms with Gasteiger partial charge in [0.05, 0.1) is 0 Å². The van der Waals surface area contributed by atoms with Crippen molar-refractivity contribution in [2.75, 3.05) is 0 Å². The van der Waals surface area contributed by atoms with Crippen LogP contribution in [0.25, 0.3) is 0 Å². The number of carboxylic acids is 2. The van der Waals surface area contributed by atoms with Gasteiger partial charge in [0, 0.05) is 23.8 Å². The molecule has 4 nitrogen and oxygen atoms in total. The van der Waals surface area contributed by atoms with E-state index in [0.717, 1.165) is 19.3 Å². The average molecular weight is 228 g/mol. The van der Waals surface area contributed by atoms with Crippen molar-refractivity contribution in [1.82, 2.24) is 0 Å². The maximum absolute atomic E-state index is 10.7. The van der Waals surface area contributed by atoms with Crippen molar-refractivity contribution in [2.45, 2.75) is 19.3 Å². The van der Waals surface area contributed by atoms with Gasteiger partial charge in [-0.3, -0.25) is 0 Å². The summed E-state index contributed by atoms with van der Waals surface area (Å²) in [7, 11) is 0. The number of rotatable bonds is 2. The van der Waals surface area contributed by atoms with Crippen LogP contribution in [0, 0.1) is 23.7 Å². The first kappa shape index (κ1) is 15.9. The minimum absolute atomic E-state index is 0. The Bertz CT molecular complexity index is 243. The van der Waals surface area contributed by atoms with Crippen LogP contribution in [0.15, 0.2) is 0 Å². The summed E-state index contributed by atoms with van der Waals surface area (Å²) in [5.41, 5.74) is 0. The normalized spacial score (nSPS) is 36.5. The molecular weight excluding hydrogens is 218 g/mol. The molecule has 0 unspecified atom stereocenters. The average Bonchev–Trinajstić information content (AvgIpc) is 2.60. The molecule has 2 bridgehead atoms. The van der Waals surface area contributed by atoms with E-state index in [4.69, 9.17) is 0 Å². The summed E-state index contributed by atoms with van der Waals surface area (Å²) in [6.07, 6.45) is 2.37. The maximum atomic E-state index is 10.7. The Labute approximate surface area is 132 Å². The van der Waals surface area contributed by atoms with Gasteiger partial charge in [-0.05, 0) is 31.1 Å². The SMILES string of the molecule is O=C([O-])[C@@H]1[C@@H]2CC[C@@H](C2)[C@H]1C(=O)[O-].[Na+].[Na+]. The summed E-state index contributed by atoms with van der Waals surface area (Å²) in [5, 5.41) is 21.4. The van der Waals surface area contributed by atoms with Gasteiger partial charge in [0.1, 0.15) is 0 Å². The van der Waals surface area contributed by atoms with E-state index in [1.165, 1.54) is 0 Å². The molecule has 2 saturated carbocycles. The van der Waals surface area contributed by atoms with Crippen LogP contribution in [-0.4, -0.2) is 11.9 Å². The zero-order valence-corrected chi connectivity index (χ0v) is 13.1. The molecule has 72 valence electrons. The molecule has 0 aromatic rings. The quantitative estimate of drug-likeness (QED) is 0.440. The first-order chi connectivity index (χ1) is 6.11. The van der Waals surface area contributed by atoms with Gasteiger partial charge in [-0.2, -0.15) is 0 Å². The molecule has 2 aliphatic rings. The fourth-order valence-corrected chi connectivity index (χ4v) is 2.97. The van der Waals surface area contributed by atoms with Gasteiger partial charge >= 0.3 is 59.1 Å². The van der Waals surface area contributed by atoms with Crippen molar-refractivity contribution in [3.63, 3.8) is 0 Å². The molecule has 0 spiro atoms. The summed E-state index contributed by atoms with van der Waals surface area (Å²) in [6, 6.07) is 0. The van der Waals surface area contributed by atoms with Crippen LogP contribution < -0.4 is 69.3 Å². The van der Waals surface area contributed by atoms with Gasteiger partial charge in [0.25, 0.3) is 0 Å². The van der Waals surface area contributed by atoms with E-state index in [1.807, 2.05) is 0 Å². The molecule has 0 amide bonds. The number of carbonyl (C=O) groups is 2. The molecule has 6 heteroatoms. The first-order valence-electron chi connectivity index (χ1n) is 4.53. The number of carboxylic acid groups (broad SMARTS) is 2. The summed E-state index contributed by atoms with van der Waals surface area (Å²) in [6.45, 7) is 0. The largest absolute Gasteiger partial charge is 1.00 e. The van der Waals surface area contributed by atoms with E-state index in [-0.39, 0.29) is 71.0 Å². The monoisotopic (exact) mass is 228 g/mol. The summed E-state index contributed by atoms with van der Waals surface area (Å²) < 4.78 is 0. The summed E-state index contributed by atoms with van der Waals surface area (Å²) in [5.74, 6) is -4.02. The summed E-state index contributed by atoms with van der Waals surface area (Å²) >= 11 is 0. The van der Waals surface area contributed by atoms with E-state index in [9.17, 15) is 19.8 Å². The number of hydrogen-bond donors (Lipinski definition) is 0. The van der Waals surface area contributed by atoms with Crippen LogP contribution in [0.4, 0.5) is 0 Å². The molecule has 2 rings (SSSR count). The van der Waals surface area contributed by atoms with Crippen LogP contribution in [0.2, 0.25) is 0 Å². The van der Waals surface area contributed by atoms with E-state index in [0.29, 0.717) is 0 Å². The van der Waals surface area contributed by atoms with Gasteiger partial charge in [0.15, 0.2) is 0 Å². The Morgan fingerprint density at radius 2 is 1.20 bits per heavy atom. The third kappa shape index (κ3) is 2.79. The minimum Gasteiger partial charge on any atom is -0.550 e. The number of hydrogen-bond acceptors (Lipinski definition) is 4. The molecule has 0 N–H and O–H groups in total. The maximum Gasteiger partial charge on any atom is 1.00 e. The zero-order chi connectivity index (χ0) is 9.59. The van der Waals surface area contributed by atoms with E-state index in [1.54, 1.807) is 0 Å². The van der Waals surface area contributed by atoms with Crippen molar-refractivity contribution in [3.8, 4) is 0 Å². The Morgan fingerprint density at radius 3 is 1.47 bits per heavy atom. The van der Waals surface area contributed by atoms with Crippen LogP contribution in [0.5, 0.6) is 0 Å². The number of aliphatic carboxylic acids is 2. The van der Waals surface area contributed by atoms with E-state index >= 15 is 0 Å². The third-order valence-electron chi connectivity index (χ3n) is 3.46. The van der Waals surface area contributed by atoms with Crippen molar-refractivity contribution in [2.24, 2.45) is 23.7 Å². The van der Waals surface area contributed by atoms with E-state index < -0.39 is 23.8 Å². The van der Waals surface area contributed by atoms with Crippen LogP contribution in [-0.2, 0) is 9.59 Å². The predicted octanol–water partition coefficient (Wildman–Crippen LogP) is -7.84. The molecule has 0 heterocycles. The Hall–Kier alpha value is 0.940. The minimum atomic E-state index is -1.22. The Morgan fingerprint density at radius 1 is 0.867 bits per heavy atom. The third-order valence-corrected chi connectivity index (χ3v) is 3.46. The van der Waals surface area contributed by atoms with Crippen molar-refractivity contribution < 1.29 is 78.9 Å². The zero-order valence-electron chi connectivity index (χ0n) is 9.06. The molecule has 0 saturated heterocycles. The van der Waals surface area contributed by atoms with Gasteiger partial charge in [0.2, 0.25) is 0 Å². The van der Waals surface area contributed by atoms with Crippen LogP contribution in [0.3, 0.4) is 0 Å². The number of fused-ring (bicyclic) bond motifs is 2. The van der Waals surface area contributed by atoms with Crippen LogP contribution >= 0.6 is 0 Å². The molecule has 4 atom stereocenters. The Kier molecular flexibility index (Phi) is 6.41. The summed E-state index contributed by atoms with van der Waals surface area (Å²) in [4.78, 5) is 21.4. The number of carbonyl (C=O) groups excluding carboxylic acids is 2. The topological polar surface area (TPSA) is 80.3 Å². The molecule has 0 aromatic carbocycles. The van der Waals surface area contributed by atoms with Gasteiger partial charge in [-0.25, -0.2) is 0 Å². The molecule has 0 radical (unpaired) electrons. The van der Waals surface area contributed by atoms with Crippen molar-refractivity contribution in [3.05, 3.63) is 0 Å².